The first-order chi connectivity index (χ1) is 15.0. The molecule has 3 aliphatic heterocycles. The number of hydrogen-bond donors (Lipinski definition) is 0. The summed E-state index contributed by atoms with van der Waals surface area (Å²) >= 11 is 1.79. The van der Waals surface area contributed by atoms with E-state index in [1.54, 1.807) is 16.1 Å². The normalized spacial score (nSPS) is 22.0. The molecule has 0 N–H and O–H groups in total. The first kappa shape index (κ1) is 21.5. The Bertz CT molecular complexity index is 1040. The zero-order chi connectivity index (χ0) is 21.4. The fourth-order valence-corrected chi connectivity index (χ4v) is 8.01. The van der Waals surface area contributed by atoms with Crippen molar-refractivity contribution in [1.82, 2.24) is 9.21 Å². The highest BCUT2D eigenvalue weighted by molar-refractivity contribution is 7.99. The topological polar surface area (TPSA) is 40.6 Å². The van der Waals surface area contributed by atoms with Gasteiger partial charge in [-0.15, -0.1) is 0 Å². The van der Waals surface area contributed by atoms with Gasteiger partial charge in [0.1, 0.15) is 0 Å². The van der Waals surface area contributed by atoms with Crippen molar-refractivity contribution in [3.8, 4) is 0 Å². The van der Waals surface area contributed by atoms with Gasteiger partial charge in [0.2, 0.25) is 10.0 Å². The van der Waals surface area contributed by atoms with Crippen LogP contribution in [0.1, 0.15) is 61.0 Å². The number of piperidine rings is 2. The second-order valence-corrected chi connectivity index (χ2v) is 12.5. The van der Waals surface area contributed by atoms with E-state index in [-0.39, 0.29) is 0 Å². The molecule has 3 heterocycles. The average molecular weight is 457 g/mol. The fraction of sp³-hybridized carbons (Fsp3) is 0.520. The molecule has 2 aromatic carbocycles. The second kappa shape index (κ2) is 8.89. The van der Waals surface area contributed by atoms with Gasteiger partial charge in [0.15, 0.2) is 0 Å². The van der Waals surface area contributed by atoms with Crippen LogP contribution >= 0.6 is 11.8 Å². The monoisotopic (exact) mass is 456 g/mol. The average Bonchev–Trinajstić information content (AvgIpc) is 2.82. The lowest BCUT2D eigenvalue weighted by Crippen LogP contribution is -2.48. The predicted octanol–water partition coefficient (Wildman–Crippen LogP) is 5.08. The third-order valence-electron chi connectivity index (χ3n) is 7.26. The Morgan fingerprint density at radius 3 is 2.39 bits per heavy atom. The van der Waals surface area contributed by atoms with Gasteiger partial charge < -0.3 is 4.90 Å². The molecule has 0 aliphatic carbocycles. The Hall–Kier alpha value is -1.34. The highest BCUT2D eigenvalue weighted by Crippen LogP contribution is 2.41. The Kier molecular flexibility index (Phi) is 6.17. The van der Waals surface area contributed by atoms with Crippen LogP contribution in [-0.4, -0.2) is 49.8 Å². The quantitative estimate of drug-likeness (QED) is 0.549. The van der Waals surface area contributed by atoms with Crippen molar-refractivity contribution in [2.45, 2.75) is 66.5 Å². The highest BCUT2D eigenvalue weighted by atomic mass is 32.2. The summed E-state index contributed by atoms with van der Waals surface area (Å²) in [6, 6.07) is 15.3. The molecule has 2 aromatic rings. The fourth-order valence-electron chi connectivity index (χ4n) is 5.30. The van der Waals surface area contributed by atoms with E-state index in [0.717, 1.165) is 24.8 Å². The lowest BCUT2D eigenvalue weighted by molar-refractivity contribution is 0.117. The predicted molar refractivity (Wildman–Crippen MR) is 127 cm³/mol. The number of hydrogen-bond acceptors (Lipinski definition) is 4. The first-order valence-electron chi connectivity index (χ1n) is 11.6. The maximum absolute atomic E-state index is 13.4. The summed E-state index contributed by atoms with van der Waals surface area (Å²) in [5, 5.41) is -0.508. The summed E-state index contributed by atoms with van der Waals surface area (Å²) < 4.78 is 28.6. The van der Waals surface area contributed by atoms with Crippen LogP contribution in [0, 0.1) is 0 Å². The van der Waals surface area contributed by atoms with Crippen LogP contribution < -0.4 is 0 Å². The third-order valence-corrected chi connectivity index (χ3v) is 10.8. The zero-order valence-electron chi connectivity index (χ0n) is 18.3. The molecular weight excluding hydrogens is 424 g/mol. The molecule has 0 aromatic heterocycles. The maximum Gasteiger partial charge on any atom is 0.220 e. The van der Waals surface area contributed by atoms with Crippen molar-refractivity contribution < 1.29 is 8.42 Å². The largest absolute Gasteiger partial charge is 0.300 e. The Morgan fingerprint density at radius 1 is 0.903 bits per heavy atom. The summed E-state index contributed by atoms with van der Waals surface area (Å²) in [4.78, 5) is 5.14. The van der Waals surface area contributed by atoms with Gasteiger partial charge in [-0.2, -0.15) is 0 Å². The molecule has 2 fully saturated rings. The van der Waals surface area contributed by atoms with Crippen LogP contribution in [0.2, 0.25) is 0 Å². The highest BCUT2D eigenvalue weighted by Gasteiger charge is 2.35. The van der Waals surface area contributed by atoms with Gasteiger partial charge in [0.05, 0.1) is 5.25 Å². The summed E-state index contributed by atoms with van der Waals surface area (Å²) in [6.07, 6.45) is 6.72. The van der Waals surface area contributed by atoms with Gasteiger partial charge in [0, 0.05) is 28.9 Å². The molecule has 3 aliphatic rings. The van der Waals surface area contributed by atoms with Crippen molar-refractivity contribution in [3.05, 3.63) is 59.2 Å². The van der Waals surface area contributed by atoms with Crippen LogP contribution in [0.25, 0.3) is 0 Å². The minimum absolute atomic E-state index is 0.508. The minimum atomic E-state index is -3.35. The van der Waals surface area contributed by atoms with Crippen molar-refractivity contribution in [2.75, 3.05) is 26.2 Å². The van der Waals surface area contributed by atoms with Gasteiger partial charge >= 0.3 is 0 Å². The van der Waals surface area contributed by atoms with Crippen LogP contribution in [-0.2, 0) is 16.4 Å². The molecule has 6 heteroatoms. The number of nitrogens with zero attached hydrogens (tertiary/aromatic N) is 2. The number of sulfonamides is 1. The minimum Gasteiger partial charge on any atom is -0.300 e. The van der Waals surface area contributed by atoms with E-state index < -0.39 is 15.3 Å². The molecule has 0 radical (unpaired) electrons. The van der Waals surface area contributed by atoms with E-state index in [4.69, 9.17) is 0 Å². The van der Waals surface area contributed by atoms with E-state index in [2.05, 4.69) is 41.3 Å². The first-order valence-corrected chi connectivity index (χ1v) is 14.0. The van der Waals surface area contributed by atoms with E-state index in [1.807, 2.05) is 13.0 Å². The van der Waals surface area contributed by atoms with Gasteiger partial charge in [-0.25, -0.2) is 12.7 Å². The standard InChI is InChI=1S/C25H32N2O2S2/c1-19(20-9-10-25-22(17-20)18-21-7-3-4-8-24(21)30-25)31(28,29)27-15-11-23(12-16-27)26-13-5-2-6-14-26/h3-4,7-10,17,19,23H,2,5-6,11-16,18H2,1H3. The molecule has 4 nitrogen and oxygen atoms in total. The van der Waals surface area contributed by atoms with Crippen molar-refractivity contribution in [2.24, 2.45) is 0 Å². The molecule has 1 unspecified atom stereocenters. The third kappa shape index (κ3) is 4.32. The summed E-state index contributed by atoms with van der Waals surface area (Å²) in [6.45, 7) is 5.54. The van der Waals surface area contributed by atoms with Crippen molar-refractivity contribution in [3.63, 3.8) is 0 Å². The van der Waals surface area contributed by atoms with Gasteiger partial charge in [-0.05, 0) is 80.9 Å². The van der Waals surface area contributed by atoms with E-state index >= 15 is 0 Å². The van der Waals surface area contributed by atoms with Gasteiger partial charge in [-0.3, -0.25) is 0 Å². The molecule has 5 rings (SSSR count). The molecule has 0 saturated carbocycles. The molecule has 31 heavy (non-hydrogen) atoms. The van der Waals surface area contributed by atoms with Gasteiger partial charge in [-0.1, -0.05) is 48.5 Å². The number of likely N-dealkylation sites (tertiary alicyclic amines) is 1. The van der Waals surface area contributed by atoms with Crippen molar-refractivity contribution >= 4 is 21.8 Å². The molecule has 166 valence electrons. The van der Waals surface area contributed by atoms with Crippen LogP contribution in [0.4, 0.5) is 0 Å². The molecule has 0 amide bonds. The Balaban J connectivity index is 1.28. The van der Waals surface area contributed by atoms with Gasteiger partial charge in [0.25, 0.3) is 0 Å². The Labute approximate surface area is 191 Å². The lowest BCUT2D eigenvalue weighted by atomic mass is 10.0. The van der Waals surface area contributed by atoms with Crippen LogP contribution in [0.5, 0.6) is 0 Å². The molecule has 2 saturated heterocycles. The Morgan fingerprint density at radius 2 is 1.61 bits per heavy atom. The van der Waals surface area contributed by atoms with E-state index in [0.29, 0.717) is 19.1 Å². The smallest absolute Gasteiger partial charge is 0.220 e. The second-order valence-electron chi connectivity index (χ2n) is 9.17. The number of benzene rings is 2. The molecule has 0 spiro atoms. The van der Waals surface area contributed by atoms with Crippen LogP contribution in [0.15, 0.2) is 52.3 Å². The summed E-state index contributed by atoms with van der Waals surface area (Å²) in [7, 11) is -3.35. The van der Waals surface area contributed by atoms with E-state index in [1.165, 1.54) is 53.3 Å². The van der Waals surface area contributed by atoms with E-state index in [9.17, 15) is 8.42 Å². The summed E-state index contributed by atoms with van der Waals surface area (Å²) in [5.41, 5.74) is 3.48. The molecule has 1 atom stereocenters. The van der Waals surface area contributed by atoms with Crippen molar-refractivity contribution in [1.29, 1.82) is 0 Å². The number of rotatable bonds is 4. The zero-order valence-corrected chi connectivity index (χ0v) is 19.9. The SMILES string of the molecule is CC(c1ccc2c(c1)Cc1ccccc1S2)S(=O)(=O)N1CCC(N2CCCCC2)CC1. The van der Waals surface area contributed by atoms with Crippen LogP contribution in [0.3, 0.4) is 0 Å². The maximum atomic E-state index is 13.4. The molecule has 0 bridgehead atoms. The summed E-state index contributed by atoms with van der Waals surface area (Å²) in [5.74, 6) is 0. The number of fused-ring (bicyclic) bond motifs is 2. The molecular formula is C25H32N2O2S2. The lowest BCUT2D eigenvalue weighted by Gasteiger charge is -2.40.